The van der Waals surface area contributed by atoms with Gasteiger partial charge in [0.1, 0.15) is 0 Å². The summed E-state index contributed by atoms with van der Waals surface area (Å²) in [5.74, 6) is 0.434. The van der Waals surface area contributed by atoms with Crippen molar-refractivity contribution in [3.05, 3.63) is 11.6 Å². The van der Waals surface area contributed by atoms with E-state index in [0.717, 1.165) is 0 Å². The molecule has 0 amide bonds. The van der Waals surface area contributed by atoms with E-state index in [0.29, 0.717) is 12.5 Å². The maximum absolute atomic E-state index is 11.2. The van der Waals surface area contributed by atoms with E-state index in [2.05, 4.69) is 0 Å². The molecule has 0 heterocycles. The zero-order valence-electron chi connectivity index (χ0n) is 9.21. The van der Waals surface area contributed by atoms with Crippen LogP contribution in [0, 0.1) is 5.92 Å². The molecule has 0 bridgehead atoms. The monoisotopic (exact) mass is 196 g/mol. The number of allylic oxidation sites excluding steroid dienone is 1. The molecular formula is C12H20O2. The summed E-state index contributed by atoms with van der Waals surface area (Å²) in [6.45, 7) is 4.35. The van der Waals surface area contributed by atoms with Gasteiger partial charge in [-0.3, -0.25) is 0 Å². The van der Waals surface area contributed by atoms with Crippen molar-refractivity contribution in [2.24, 2.45) is 5.92 Å². The molecule has 0 saturated heterocycles. The number of esters is 1. The highest BCUT2D eigenvalue weighted by Gasteiger charge is 2.15. The summed E-state index contributed by atoms with van der Waals surface area (Å²) in [5.41, 5.74) is 1.20. The van der Waals surface area contributed by atoms with Gasteiger partial charge in [0.25, 0.3) is 0 Å². The number of carbonyl (C=O) groups excluding carboxylic acids is 1. The molecule has 0 aromatic heterocycles. The van der Waals surface area contributed by atoms with Crippen LogP contribution in [0.4, 0.5) is 0 Å². The number of rotatable bonds is 3. The molecule has 0 radical (unpaired) electrons. The predicted molar refractivity (Wildman–Crippen MR) is 57.0 cm³/mol. The lowest BCUT2D eigenvalue weighted by molar-refractivity contribution is -0.137. The molecule has 1 rings (SSSR count). The van der Waals surface area contributed by atoms with Crippen LogP contribution in [0.2, 0.25) is 0 Å². The van der Waals surface area contributed by atoms with Gasteiger partial charge in [0.05, 0.1) is 6.61 Å². The van der Waals surface area contributed by atoms with Gasteiger partial charge in [-0.25, -0.2) is 4.79 Å². The van der Waals surface area contributed by atoms with E-state index in [9.17, 15) is 4.79 Å². The van der Waals surface area contributed by atoms with Crippen molar-refractivity contribution in [1.82, 2.24) is 0 Å². The molecule has 0 spiro atoms. The first-order chi connectivity index (χ1) is 6.74. The summed E-state index contributed by atoms with van der Waals surface area (Å²) in [4.78, 5) is 11.2. The summed E-state index contributed by atoms with van der Waals surface area (Å²) < 4.78 is 4.89. The van der Waals surface area contributed by atoms with E-state index >= 15 is 0 Å². The Morgan fingerprint density at radius 1 is 1.36 bits per heavy atom. The van der Waals surface area contributed by atoms with E-state index in [4.69, 9.17) is 4.74 Å². The van der Waals surface area contributed by atoms with E-state index in [1.165, 1.54) is 37.7 Å². The molecule has 0 aliphatic heterocycles. The predicted octanol–water partition coefficient (Wildman–Crippen LogP) is 3.08. The molecule has 1 aliphatic rings. The molecule has 0 unspecified atom stereocenters. The second-order valence-corrected chi connectivity index (χ2v) is 3.98. The van der Waals surface area contributed by atoms with Crippen LogP contribution < -0.4 is 0 Å². The zero-order chi connectivity index (χ0) is 10.4. The lowest BCUT2D eigenvalue weighted by Crippen LogP contribution is -2.09. The zero-order valence-corrected chi connectivity index (χ0v) is 9.21. The molecule has 1 saturated carbocycles. The highest BCUT2D eigenvalue weighted by Crippen LogP contribution is 2.29. The fourth-order valence-electron chi connectivity index (χ4n) is 2.05. The Bertz CT molecular complexity index is 212. The van der Waals surface area contributed by atoms with Gasteiger partial charge in [-0.15, -0.1) is 0 Å². The normalized spacial score (nSPS) is 19.4. The fourth-order valence-corrected chi connectivity index (χ4v) is 2.05. The number of ether oxygens (including phenoxy) is 1. The van der Waals surface area contributed by atoms with Gasteiger partial charge < -0.3 is 4.74 Å². The summed E-state index contributed by atoms with van der Waals surface area (Å²) in [6, 6.07) is 0. The molecule has 1 fully saturated rings. The number of carbonyl (C=O) groups is 1. The van der Waals surface area contributed by atoms with Gasteiger partial charge in [-0.05, 0) is 32.6 Å². The van der Waals surface area contributed by atoms with Crippen molar-refractivity contribution < 1.29 is 9.53 Å². The molecule has 1 aliphatic carbocycles. The lowest BCUT2D eigenvalue weighted by atomic mass is 9.84. The summed E-state index contributed by atoms with van der Waals surface area (Å²) in [7, 11) is 0. The van der Waals surface area contributed by atoms with Gasteiger partial charge in [0.15, 0.2) is 0 Å². The van der Waals surface area contributed by atoms with Gasteiger partial charge in [-0.1, -0.05) is 24.8 Å². The summed E-state index contributed by atoms with van der Waals surface area (Å²) in [5, 5.41) is 0. The van der Waals surface area contributed by atoms with Crippen LogP contribution in [0.5, 0.6) is 0 Å². The SMILES string of the molecule is CCOC(=O)/C=C(/C)C1CCCCC1. The van der Waals surface area contributed by atoms with Crippen LogP contribution >= 0.6 is 0 Å². The van der Waals surface area contributed by atoms with Crippen LogP contribution in [-0.4, -0.2) is 12.6 Å². The molecule has 14 heavy (non-hydrogen) atoms. The average Bonchev–Trinajstić information content (AvgIpc) is 2.19. The Morgan fingerprint density at radius 3 is 2.57 bits per heavy atom. The quantitative estimate of drug-likeness (QED) is 0.512. The van der Waals surface area contributed by atoms with Crippen molar-refractivity contribution in [2.45, 2.75) is 46.0 Å². The molecular weight excluding hydrogens is 176 g/mol. The second kappa shape index (κ2) is 5.84. The number of hydrogen-bond donors (Lipinski definition) is 0. The Hall–Kier alpha value is -0.790. The first kappa shape index (κ1) is 11.3. The maximum atomic E-state index is 11.2. The fraction of sp³-hybridized carbons (Fsp3) is 0.750. The highest BCUT2D eigenvalue weighted by molar-refractivity contribution is 5.82. The van der Waals surface area contributed by atoms with Crippen molar-refractivity contribution >= 4 is 5.97 Å². The third kappa shape index (κ3) is 3.52. The smallest absolute Gasteiger partial charge is 0.330 e. The van der Waals surface area contributed by atoms with Gasteiger partial charge in [0, 0.05) is 6.08 Å². The molecule has 2 nitrogen and oxygen atoms in total. The molecule has 0 atom stereocenters. The Kier molecular flexibility index (Phi) is 4.71. The topological polar surface area (TPSA) is 26.3 Å². The molecule has 80 valence electrons. The van der Waals surface area contributed by atoms with Gasteiger partial charge in [0.2, 0.25) is 0 Å². The second-order valence-electron chi connectivity index (χ2n) is 3.98. The van der Waals surface area contributed by atoms with E-state index in [1.807, 2.05) is 13.8 Å². The van der Waals surface area contributed by atoms with E-state index in [-0.39, 0.29) is 5.97 Å². The molecule has 0 aromatic rings. The first-order valence-electron chi connectivity index (χ1n) is 5.59. The third-order valence-electron chi connectivity index (χ3n) is 2.88. The van der Waals surface area contributed by atoms with Crippen molar-refractivity contribution in [3.63, 3.8) is 0 Å². The largest absolute Gasteiger partial charge is 0.463 e. The Balaban J connectivity index is 2.44. The average molecular weight is 196 g/mol. The minimum Gasteiger partial charge on any atom is -0.463 e. The lowest BCUT2D eigenvalue weighted by Gasteiger charge is -2.22. The summed E-state index contributed by atoms with van der Waals surface area (Å²) in [6.07, 6.45) is 8.10. The van der Waals surface area contributed by atoms with Crippen molar-refractivity contribution in [2.75, 3.05) is 6.61 Å². The molecule has 2 heteroatoms. The maximum Gasteiger partial charge on any atom is 0.330 e. The third-order valence-corrected chi connectivity index (χ3v) is 2.88. The number of hydrogen-bond acceptors (Lipinski definition) is 2. The minimum absolute atomic E-state index is 0.185. The van der Waals surface area contributed by atoms with Crippen molar-refractivity contribution in [1.29, 1.82) is 0 Å². The van der Waals surface area contributed by atoms with Crippen LogP contribution in [0.1, 0.15) is 46.0 Å². The van der Waals surface area contributed by atoms with Crippen LogP contribution in [0.15, 0.2) is 11.6 Å². The van der Waals surface area contributed by atoms with Crippen LogP contribution in [0.25, 0.3) is 0 Å². The molecule has 0 aromatic carbocycles. The van der Waals surface area contributed by atoms with Gasteiger partial charge in [-0.2, -0.15) is 0 Å². The standard InChI is InChI=1S/C12H20O2/c1-3-14-12(13)9-10(2)11-7-5-4-6-8-11/h9,11H,3-8H2,1-2H3/b10-9-. The first-order valence-corrected chi connectivity index (χ1v) is 5.59. The van der Waals surface area contributed by atoms with Crippen LogP contribution in [0.3, 0.4) is 0 Å². The van der Waals surface area contributed by atoms with Gasteiger partial charge >= 0.3 is 5.97 Å². The Labute approximate surface area is 86.3 Å². The Morgan fingerprint density at radius 2 is 2.00 bits per heavy atom. The van der Waals surface area contributed by atoms with E-state index in [1.54, 1.807) is 6.08 Å². The van der Waals surface area contributed by atoms with Crippen molar-refractivity contribution in [3.8, 4) is 0 Å². The van der Waals surface area contributed by atoms with Crippen LogP contribution in [-0.2, 0) is 9.53 Å². The minimum atomic E-state index is -0.185. The highest BCUT2D eigenvalue weighted by atomic mass is 16.5. The van der Waals surface area contributed by atoms with E-state index < -0.39 is 0 Å². The molecule has 0 N–H and O–H groups in total. The summed E-state index contributed by atoms with van der Waals surface area (Å²) >= 11 is 0.